The third-order valence-corrected chi connectivity index (χ3v) is 2.79. The van der Waals surface area contributed by atoms with Gasteiger partial charge in [0.25, 0.3) is 0 Å². The lowest BCUT2D eigenvalue weighted by atomic mass is 9.92. The van der Waals surface area contributed by atoms with Crippen LogP contribution in [0.15, 0.2) is 6.20 Å². The number of hydrogen-bond donors (Lipinski definition) is 1. The van der Waals surface area contributed by atoms with Crippen LogP contribution >= 0.6 is 0 Å². The molecular weight excluding hydrogens is 226 g/mol. The summed E-state index contributed by atoms with van der Waals surface area (Å²) in [5.41, 5.74) is 1.39. The maximum atomic E-state index is 5.14. The summed E-state index contributed by atoms with van der Waals surface area (Å²) in [6.07, 6.45) is 3.24. The van der Waals surface area contributed by atoms with Crippen molar-refractivity contribution in [2.45, 2.75) is 53.6 Å². The first-order chi connectivity index (χ1) is 8.31. The predicted molar refractivity (Wildman–Crippen MR) is 76.0 cm³/mol. The maximum Gasteiger partial charge on any atom is 0.203 e. The molecular formula is C14H27N3O. The van der Waals surface area contributed by atoms with Crippen LogP contribution in [0.2, 0.25) is 0 Å². The Labute approximate surface area is 111 Å². The molecule has 0 fully saturated rings. The van der Waals surface area contributed by atoms with Crippen molar-refractivity contribution in [3.63, 3.8) is 0 Å². The molecule has 4 nitrogen and oxygen atoms in total. The second kappa shape index (κ2) is 6.23. The Balaban J connectivity index is 2.67. The van der Waals surface area contributed by atoms with E-state index in [-0.39, 0.29) is 6.04 Å². The van der Waals surface area contributed by atoms with Crippen molar-refractivity contribution in [3.8, 4) is 0 Å². The highest BCUT2D eigenvalue weighted by Gasteiger charge is 2.13. The molecule has 18 heavy (non-hydrogen) atoms. The lowest BCUT2D eigenvalue weighted by Gasteiger charge is -2.20. The summed E-state index contributed by atoms with van der Waals surface area (Å²) >= 11 is 0. The van der Waals surface area contributed by atoms with Gasteiger partial charge in [-0.2, -0.15) is 0 Å². The lowest BCUT2D eigenvalue weighted by molar-refractivity contribution is 0.190. The van der Waals surface area contributed by atoms with E-state index in [1.54, 1.807) is 7.11 Å². The minimum absolute atomic E-state index is 0.269. The molecule has 1 atom stereocenters. The Morgan fingerprint density at radius 2 is 2.11 bits per heavy atom. The SMILES string of the molecule is COCC(C)Nc1nc(C)cn1CCC(C)(C)C. The van der Waals surface area contributed by atoms with Gasteiger partial charge in [0.15, 0.2) is 0 Å². The Kier molecular flexibility index (Phi) is 5.20. The number of nitrogens with one attached hydrogen (secondary N) is 1. The van der Waals surface area contributed by atoms with E-state index < -0.39 is 0 Å². The summed E-state index contributed by atoms with van der Waals surface area (Å²) in [6.45, 7) is 12.6. The average Bonchev–Trinajstić information content (AvgIpc) is 2.55. The van der Waals surface area contributed by atoms with Crippen LogP contribution in [0.4, 0.5) is 5.95 Å². The summed E-state index contributed by atoms with van der Waals surface area (Å²) in [5, 5.41) is 3.40. The minimum atomic E-state index is 0.269. The number of rotatable bonds is 6. The van der Waals surface area contributed by atoms with Crippen LogP contribution in [0.5, 0.6) is 0 Å². The van der Waals surface area contributed by atoms with Gasteiger partial charge in [-0.15, -0.1) is 0 Å². The molecule has 1 unspecified atom stereocenters. The number of nitrogens with zero attached hydrogens (tertiary/aromatic N) is 2. The van der Waals surface area contributed by atoms with Crippen molar-refractivity contribution >= 4 is 5.95 Å². The van der Waals surface area contributed by atoms with E-state index >= 15 is 0 Å². The number of ether oxygens (including phenoxy) is 1. The van der Waals surface area contributed by atoms with Gasteiger partial charge in [0.2, 0.25) is 5.95 Å². The van der Waals surface area contributed by atoms with Gasteiger partial charge in [0, 0.05) is 25.9 Å². The second-order valence-electron chi connectivity index (χ2n) is 6.21. The molecule has 1 aromatic heterocycles. The van der Waals surface area contributed by atoms with Crippen molar-refractivity contribution in [2.75, 3.05) is 19.0 Å². The van der Waals surface area contributed by atoms with Crippen LogP contribution in [0.25, 0.3) is 0 Å². The number of methoxy groups -OCH3 is 1. The van der Waals surface area contributed by atoms with Crippen LogP contribution in [-0.4, -0.2) is 29.3 Å². The zero-order valence-electron chi connectivity index (χ0n) is 12.6. The highest BCUT2D eigenvalue weighted by Crippen LogP contribution is 2.21. The molecule has 1 rings (SSSR count). The fraction of sp³-hybridized carbons (Fsp3) is 0.786. The molecule has 0 aromatic carbocycles. The zero-order valence-corrected chi connectivity index (χ0v) is 12.6. The first-order valence-electron chi connectivity index (χ1n) is 6.61. The van der Waals surface area contributed by atoms with Crippen LogP contribution in [0, 0.1) is 12.3 Å². The molecule has 0 aliphatic rings. The summed E-state index contributed by atoms with van der Waals surface area (Å²) in [4.78, 5) is 4.53. The van der Waals surface area contributed by atoms with E-state index in [9.17, 15) is 0 Å². The quantitative estimate of drug-likeness (QED) is 0.847. The molecule has 0 amide bonds. The Hall–Kier alpha value is -1.03. The van der Waals surface area contributed by atoms with Crippen molar-refractivity contribution in [1.29, 1.82) is 0 Å². The first kappa shape index (κ1) is 15.0. The average molecular weight is 253 g/mol. The number of aromatic nitrogens is 2. The molecule has 0 saturated heterocycles. The lowest BCUT2D eigenvalue weighted by Crippen LogP contribution is -2.23. The van der Waals surface area contributed by atoms with Crippen LogP contribution in [0.1, 0.15) is 39.8 Å². The van der Waals surface area contributed by atoms with Crippen molar-refractivity contribution in [1.82, 2.24) is 9.55 Å². The summed E-state index contributed by atoms with van der Waals surface area (Å²) < 4.78 is 7.34. The molecule has 4 heteroatoms. The molecule has 0 bridgehead atoms. The normalized spacial score (nSPS) is 13.7. The van der Waals surface area contributed by atoms with E-state index in [1.807, 2.05) is 6.92 Å². The van der Waals surface area contributed by atoms with Gasteiger partial charge >= 0.3 is 0 Å². The fourth-order valence-corrected chi connectivity index (χ4v) is 1.80. The van der Waals surface area contributed by atoms with Gasteiger partial charge in [-0.3, -0.25) is 0 Å². The number of imidazole rings is 1. The monoisotopic (exact) mass is 253 g/mol. The van der Waals surface area contributed by atoms with Crippen molar-refractivity contribution < 1.29 is 4.74 Å². The molecule has 1 heterocycles. The summed E-state index contributed by atoms with van der Waals surface area (Å²) in [7, 11) is 1.72. The summed E-state index contributed by atoms with van der Waals surface area (Å²) in [6, 6.07) is 0.269. The topological polar surface area (TPSA) is 39.1 Å². The van der Waals surface area contributed by atoms with Gasteiger partial charge in [0.05, 0.1) is 12.3 Å². The van der Waals surface area contributed by atoms with Gasteiger partial charge < -0.3 is 14.6 Å². The molecule has 0 saturated carbocycles. The Morgan fingerprint density at radius 3 is 2.67 bits per heavy atom. The minimum Gasteiger partial charge on any atom is -0.383 e. The highest BCUT2D eigenvalue weighted by molar-refractivity contribution is 5.30. The number of anilines is 1. The molecule has 0 aliphatic carbocycles. The largest absolute Gasteiger partial charge is 0.383 e. The number of hydrogen-bond acceptors (Lipinski definition) is 3. The van der Waals surface area contributed by atoms with E-state index in [0.717, 1.165) is 24.6 Å². The molecule has 1 N–H and O–H groups in total. The Morgan fingerprint density at radius 1 is 1.44 bits per heavy atom. The fourth-order valence-electron chi connectivity index (χ4n) is 1.80. The van der Waals surface area contributed by atoms with E-state index in [0.29, 0.717) is 12.0 Å². The van der Waals surface area contributed by atoms with Crippen molar-refractivity contribution in [2.24, 2.45) is 5.41 Å². The van der Waals surface area contributed by atoms with Gasteiger partial charge in [-0.25, -0.2) is 4.98 Å². The predicted octanol–water partition coefficient (Wildman–Crippen LogP) is 3.07. The zero-order chi connectivity index (χ0) is 13.8. The van der Waals surface area contributed by atoms with Crippen LogP contribution in [0.3, 0.4) is 0 Å². The first-order valence-corrected chi connectivity index (χ1v) is 6.61. The van der Waals surface area contributed by atoms with Crippen LogP contribution in [-0.2, 0) is 11.3 Å². The highest BCUT2D eigenvalue weighted by atomic mass is 16.5. The molecule has 0 aliphatic heterocycles. The number of aryl methyl sites for hydroxylation is 2. The molecule has 0 spiro atoms. The van der Waals surface area contributed by atoms with E-state index in [2.05, 4.69) is 48.8 Å². The summed E-state index contributed by atoms with van der Waals surface area (Å²) in [5.74, 6) is 0.946. The van der Waals surface area contributed by atoms with Crippen LogP contribution < -0.4 is 5.32 Å². The van der Waals surface area contributed by atoms with Gasteiger partial charge in [-0.05, 0) is 25.7 Å². The third-order valence-electron chi connectivity index (χ3n) is 2.79. The van der Waals surface area contributed by atoms with E-state index in [4.69, 9.17) is 4.74 Å². The Bertz CT molecular complexity index is 366. The third kappa shape index (κ3) is 5.08. The van der Waals surface area contributed by atoms with Gasteiger partial charge in [0.1, 0.15) is 0 Å². The van der Waals surface area contributed by atoms with E-state index in [1.165, 1.54) is 0 Å². The molecule has 104 valence electrons. The second-order valence-corrected chi connectivity index (χ2v) is 6.21. The molecule has 1 aromatic rings. The maximum absolute atomic E-state index is 5.14. The standard InChI is InChI=1S/C14H27N3O/c1-11-9-17(8-7-14(3,4)5)13(15-11)16-12(2)10-18-6/h9,12H,7-8,10H2,1-6H3,(H,15,16). The smallest absolute Gasteiger partial charge is 0.203 e. The van der Waals surface area contributed by atoms with Gasteiger partial charge in [-0.1, -0.05) is 20.8 Å². The molecule has 0 radical (unpaired) electrons. The van der Waals surface area contributed by atoms with Crippen molar-refractivity contribution in [3.05, 3.63) is 11.9 Å².